The van der Waals surface area contributed by atoms with Crippen molar-refractivity contribution in [3.8, 4) is 0 Å². The fourth-order valence-electron chi connectivity index (χ4n) is 2.44. The number of anilines is 1. The quantitative estimate of drug-likeness (QED) is 0.564. The minimum atomic E-state index is -5.20. The molecular weight excluding hydrogens is 450 g/mol. The van der Waals surface area contributed by atoms with Crippen molar-refractivity contribution < 1.29 is 30.4 Å². The van der Waals surface area contributed by atoms with E-state index in [1.54, 1.807) is 0 Å². The number of hydrazine groups is 1. The van der Waals surface area contributed by atoms with Crippen molar-refractivity contribution in [2.24, 2.45) is 0 Å². The number of benzene rings is 1. The molecule has 0 amide bonds. The van der Waals surface area contributed by atoms with Crippen LogP contribution in [0.2, 0.25) is 10.0 Å². The minimum Gasteiger partial charge on any atom is -0.260 e. The molecule has 1 unspecified atom stereocenters. The Morgan fingerprint density at radius 3 is 1.96 bits per heavy atom. The van der Waals surface area contributed by atoms with Crippen LogP contribution in [0.1, 0.15) is 19.4 Å². The number of nitrogens with zero attached hydrogens (tertiary/aromatic N) is 2. The average molecular weight is 460 g/mol. The van der Waals surface area contributed by atoms with Gasteiger partial charge in [-0.05, 0) is 26.0 Å². The molecule has 1 aromatic carbocycles. The van der Waals surface area contributed by atoms with Crippen LogP contribution in [0.15, 0.2) is 22.9 Å². The Balaban J connectivity index is 2.72. The number of hydrogen-bond donors (Lipinski definition) is 0. The predicted octanol–water partition coefficient (Wildman–Crippen LogP) is 5.46. The van der Waals surface area contributed by atoms with Crippen molar-refractivity contribution in [3.05, 3.63) is 38.5 Å². The van der Waals surface area contributed by atoms with Crippen LogP contribution >= 0.6 is 34.8 Å². The van der Waals surface area contributed by atoms with Gasteiger partial charge in [-0.25, -0.2) is 8.42 Å². The summed E-state index contributed by atoms with van der Waals surface area (Å²) in [6.07, 6.45) is -4.76. The smallest absolute Gasteiger partial charge is 0.260 e. The summed E-state index contributed by atoms with van der Waals surface area (Å²) in [6, 6.07) is -0.203. The van der Waals surface area contributed by atoms with Crippen LogP contribution in [-0.2, 0) is 16.2 Å². The van der Waals surface area contributed by atoms with Gasteiger partial charge in [-0.1, -0.05) is 39.2 Å². The van der Waals surface area contributed by atoms with Gasteiger partial charge in [0.25, 0.3) is 10.0 Å². The van der Waals surface area contributed by atoms with E-state index < -0.39 is 49.3 Å². The molecule has 0 spiro atoms. The summed E-state index contributed by atoms with van der Waals surface area (Å²) in [4.78, 5) is 0. The van der Waals surface area contributed by atoms with Crippen LogP contribution < -0.4 is 5.01 Å². The topological polar surface area (TPSA) is 40.6 Å². The Labute approximate surface area is 160 Å². The van der Waals surface area contributed by atoms with Gasteiger partial charge in [-0.3, -0.25) is 5.01 Å². The first-order valence-corrected chi connectivity index (χ1v) is 9.39. The summed E-state index contributed by atoms with van der Waals surface area (Å²) in [6.45, 7) is 2.53. The van der Waals surface area contributed by atoms with Crippen molar-refractivity contribution >= 4 is 50.5 Å². The summed E-state index contributed by atoms with van der Waals surface area (Å²) in [7, 11) is -5.20. The fourth-order valence-corrected chi connectivity index (χ4v) is 4.45. The van der Waals surface area contributed by atoms with Gasteiger partial charge < -0.3 is 0 Å². The maximum absolute atomic E-state index is 13.1. The van der Waals surface area contributed by atoms with Gasteiger partial charge in [-0.15, -0.1) is 0 Å². The number of alkyl halides is 5. The average Bonchev–Trinajstić information content (AvgIpc) is 2.70. The SMILES string of the molecule is CC1=C(Cl)C(C)N(S(=O)(=O)C(F)F)N1c1c(Cl)cc(C(F)(F)F)cc1Cl. The molecule has 0 radical (unpaired) electrons. The summed E-state index contributed by atoms with van der Waals surface area (Å²) >= 11 is 17.7. The fraction of sp³-hybridized carbons (Fsp3) is 0.385. The molecule has 13 heteroatoms. The van der Waals surface area contributed by atoms with Crippen LogP contribution in [0.4, 0.5) is 27.6 Å². The molecular formula is C13H10Cl3F5N2O2S. The van der Waals surface area contributed by atoms with Crippen LogP contribution in [-0.4, -0.2) is 24.6 Å². The highest BCUT2D eigenvalue weighted by Crippen LogP contribution is 2.46. The highest BCUT2D eigenvalue weighted by molar-refractivity contribution is 7.89. The molecule has 0 N–H and O–H groups in total. The molecule has 0 saturated carbocycles. The highest BCUT2D eigenvalue weighted by Gasteiger charge is 2.47. The van der Waals surface area contributed by atoms with E-state index >= 15 is 0 Å². The van der Waals surface area contributed by atoms with E-state index in [2.05, 4.69) is 0 Å². The van der Waals surface area contributed by atoms with Gasteiger partial charge in [-0.2, -0.15) is 22.0 Å². The van der Waals surface area contributed by atoms with E-state index in [1.807, 2.05) is 0 Å². The predicted molar refractivity (Wildman–Crippen MR) is 88.7 cm³/mol. The Morgan fingerprint density at radius 1 is 1.12 bits per heavy atom. The van der Waals surface area contributed by atoms with Gasteiger partial charge in [0.2, 0.25) is 0 Å². The third-order valence-electron chi connectivity index (χ3n) is 3.60. The van der Waals surface area contributed by atoms with E-state index in [0.717, 1.165) is 0 Å². The van der Waals surface area contributed by atoms with E-state index in [1.165, 1.54) is 13.8 Å². The Kier molecular flexibility index (Phi) is 5.76. The molecule has 0 saturated heterocycles. The van der Waals surface area contributed by atoms with E-state index in [4.69, 9.17) is 34.8 Å². The second-order valence-corrected chi connectivity index (χ2v) is 8.27. The number of halogens is 8. The zero-order valence-electron chi connectivity index (χ0n) is 13.0. The summed E-state index contributed by atoms with van der Waals surface area (Å²) in [5.41, 5.74) is -1.61. The largest absolute Gasteiger partial charge is 0.416 e. The van der Waals surface area contributed by atoms with Crippen molar-refractivity contribution in [1.82, 2.24) is 4.41 Å². The minimum absolute atomic E-state index is 0.0213. The van der Waals surface area contributed by atoms with Gasteiger partial charge >= 0.3 is 11.9 Å². The lowest BCUT2D eigenvalue weighted by molar-refractivity contribution is -0.137. The lowest BCUT2D eigenvalue weighted by Crippen LogP contribution is -2.48. The molecule has 0 bridgehead atoms. The number of sulfonamides is 1. The van der Waals surface area contributed by atoms with Crippen LogP contribution in [0.5, 0.6) is 0 Å². The molecule has 1 heterocycles. The van der Waals surface area contributed by atoms with Gasteiger partial charge in [0.05, 0.1) is 32.4 Å². The first kappa shape index (κ1) is 21.5. The summed E-state index contributed by atoms with van der Waals surface area (Å²) in [5.74, 6) is -3.80. The Bertz CT molecular complexity index is 850. The Morgan fingerprint density at radius 2 is 1.58 bits per heavy atom. The van der Waals surface area contributed by atoms with Crippen molar-refractivity contribution in [1.29, 1.82) is 0 Å². The van der Waals surface area contributed by atoms with Crippen LogP contribution in [0.3, 0.4) is 0 Å². The molecule has 0 aromatic heterocycles. The normalized spacial score (nSPS) is 19.8. The molecule has 1 aromatic rings. The molecule has 146 valence electrons. The van der Waals surface area contributed by atoms with E-state index in [0.29, 0.717) is 17.1 Å². The van der Waals surface area contributed by atoms with Crippen molar-refractivity contribution in [2.45, 2.75) is 31.8 Å². The molecule has 26 heavy (non-hydrogen) atoms. The van der Waals surface area contributed by atoms with Gasteiger partial charge in [0.15, 0.2) is 0 Å². The van der Waals surface area contributed by atoms with Crippen LogP contribution in [0, 0.1) is 0 Å². The first-order chi connectivity index (χ1) is 11.7. The molecule has 2 rings (SSSR count). The zero-order valence-corrected chi connectivity index (χ0v) is 16.0. The second kappa shape index (κ2) is 6.97. The van der Waals surface area contributed by atoms with Crippen molar-refractivity contribution in [3.63, 3.8) is 0 Å². The second-order valence-electron chi connectivity index (χ2n) is 5.29. The molecule has 0 aliphatic carbocycles. The Hall–Kier alpha value is -0.810. The lowest BCUT2D eigenvalue weighted by atomic mass is 10.2. The third-order valence-corrected chi connectivity index (χ3v) is 6.22. The first-order valence-electron chi connectivity index (χ1n) is 6.75. The summed E-state index contributed by atoms with van der Waals surface area (Å²) < 4.78 is 89.1. The number of allylic oxidation sites excluding steroid dienone is 1. The zero-order chi connectivity index (χ0) is 20.2. The number of hydrogen-bond acceptors (Lipinski definition) is 3. The number of rotatable bonds is 3. The molecule has 1 aliphatic rings. The van der Waals surface area contributed by atoms with Crippen LogP contribution in [0.25, 0.3) is 0 Å². The molecule has 4 nitrogen and oxygen atoms in total. The molecule has 1 atom stereocenters. The molecule has 0 fully saturated rings. The standard InChI is InChI=1S/C13H10Cl3F5N2O2S/c1-5-10(16)6(2)23(26(24,25)12(17)18)22(5)11-8(14)3-7(4-9(11)15)13(19,20)21/h3-4,6,12H,1-2H3. The van der Waals surface area contributed by atoms with Gasteiger partial charge in [0, 0.05) is 5.70 Å². The van der Waals surface area contributed by atoms with Crippen molar-refractivity contribution in [2.75, 3.05) is 5.01 Å². The third kappa shape index (κ3) is 3.49. The van der Waals surface area contributed by atoms with E-state index in [9.17, 15) is 30.4 Å². The summed E-state index contributed by atoms with van der Waals surface area (Å²) in [5, 5.41) is -0.602. The van der Waals surface area contributed by atoms with E-state index in [-0.39, 0.29) is 15.1 Å². The van der Waals surface area contributed by atoms with Gasteiger partial charge in [0.1, 0.15) is 0 Å². The maximum Gasteiger partial charge on any atom is 0.416 e. The lowest BCUT2D eigenvalue weighted by Gasteiger charge is -2.33. The monoisotopic (exact) mass is 458 g/mol. The maximum atomic E-state index is 13.1. The highest BCUT2D eigenvalue weighted by atomic mass is 35.5. The molecule has 1 aliphatic heterocycles.